The van der Waals surface area contributed by atoms with E-state index in [1.54, 1.807) is 12.3 Å². The lowest BCUT2D eigenvalue weighted by molar-refractivity contribution is -0.0844. The zero-order chi connectivity index (χ0) is 25.8. The summed E-state index contributed by atoms with van der Waals surface area (Å²) in [6, 6.07) is 13.0. The largest absolute Gasteiger partial charge is 0.373 e. The molecule has 2 aromatic heterocycles. The molecule has 0 bridgehead atoms. The molecule has 5 rings (SSSR count). The third-order valence-corrected chi connectivity index (χ3v) is 8.29. The van der Waals surface area contributed by atoms with Gasteiger partial charge in [0.2, 0.25) is 0 Å². The van der Waals surface area contributed by atoms with Crippen LogP contribution in [0, 0.1) is 6.92 Å². The molecule has 2 aliphatic rings. The van der Waals surface area contributed by atoms with Gasteiger partial charge in [-0.1, -0.05) is 23.7 Å². The van der Waals surface area contributed by atoms with Crippen molar-refractivity contribution in [1.29, 1.82) is 0 Å². The number of H-pyrrole nitrogens is 1. The maximum atomic E-state index is 12.4. The number of aromatic nitrogens is 4. The van der Waals surface area contributed by atoms with Gasteiger partial charge in [-0.15, -0.1) is 0 Å². The number of nitrogens with zero attached hydrogens (tertiary/aromatic N) is 4. The van der Waals surface area contributed by atoms with Gasteiger partial charge >= 0.3 is 0 Å². The van der Waals surface area contributed by atoms with Gasteiger partial charge in [-0.05, 0) is 75.3 Å². The van der Waals surface area contributed by atoms with Crippen LogP contribution in [0.4, 0.5) is 0 Å². The zero-order valence-electron chi connectivity index (χ0n) is 21.7. The van der Waals surface area contributed by atoms with E-state index in [2.05, 4.69) is 45.5 Å². The van der Waals surface area contributed by atoms with E-state index < -0.39 is 0 Å². The zero-order valence-corrected chi connectivity index (χ0v) is 22.5. The summed E-state index contributed by atoms with van der Waals surface area (Å²) < 4.78 is 8.26. The van der Waals surface area contributed by atoms with Crippen LogP contribution in [0.5, 0.6) is 0 Å². The van der Waals surface area contributed by atoms with Gasteiger partial charge in [0.05, 0.1) is 18.4 Å². The van der Waals surface area contributed by atoms with Crippen molar-refractivity contribution in [2.24, 2.45) is 7.05 Å². The topological polar surface area (TPSA) is 88.1 Å². The van der Waals surface area contributed by atoms with Gasteiger partial charge < -0.3 is 10.1 Å². The molecule has 3 aromatic rings. The smallest absolute Gasteiger partial charge is 0.269 e. The fraction of sp³-hybridized carbons (Fsp3) is 0.536. The molecule has 1 amide bonds. The number of hydrogen-bond donors (Lipinski definition) is 2. The summed E-state index contributed by atoms with van der Waals surface area (Å²) in [6.45, 7) is 4.11. The molecule has 0 unspecified atom stereocenters. The van der Waals surface area contributed by atoms with E-state index in [0.29, 0.717) is 36.8 Å². The van der Waals surface area contributed by atoms with E-state index in [1.807, 2.05) is 23.9 Å². The van der Waals surface area contributed by atoms with Crippen LogP contribution < -0.4 is 5.32 Å². The van der Waals surface area contributed by atoms with Gasteiger partial charge in [-0.2, -0.15) is 10.2 Å². The van der Waals surface area contributed by atoms with Crippen LogP contribution in [-0.2, 0) is 18.2 Å². The molecule has 37 heavy (non-hydrogen) atoms. The quantitative estimate of drug-likeness (QED) is 0.459. The molecule has 1 saturated heterocycles. The van der Waals surface area contributed by atoms with E-state index in [9.17, 15) is 4.79 Å². The Morgan fingerprint density at radius 1 is 1.19 bits per heavy atom. The first kappa shape index (κ1) is 25.9. The Balaban J connectivity index is 1.22. The second-order valence-corrected chi connectivity index (χ2v) is 10.9. The lowest BCUT2D eigenvalue weighted by Crippen LogP contribution is -2.56. The number of nitrogens with one attached hydrogen (secondary N) is 2. The molecular formula is C28H37ClN6O2. The Morgan fingerprint density at radius 2 is 1.97 bits per heavy atom. The number of aryl methyl sites for hydroxylation is 3. The molecule has 1 aliphatic heterocycles. The third kappa shape index (κ3) is 6.43. The molecule has 0 spiro atoms. The van der Waals surface area contributed by atoms with Gasteiger partial charge in [0.1, 0.15) is 5.69 Å². The first-order chi connectivity index (χ1) is 18.0. The summed E-state index contributed by atoms with van der Waals surface area (Å²) in [5.41, 5.74) is 4.22. The van der Waals surface area contributed by atoms with E-state index >= 15 is 0 Å². The predicted molar refractivity (Wildman–Crippen MR) is 144 cm³/mol. The maximum absolute atomic E-state index is 12.4. The van der Waals surface area contributed by atoms with Crippen LogP contribution in [0.25, 0.3) is 0 Å². The number of halogens is 1. The van der Waals surface area contributed by atoms with Crippen molar-refractivity contribution in [3.8, 4) is 0 Å². The Labute approximate surface area is 223 Å². The van der Waals surface area contributed by atoms with Crippen molar-refractivity contribution < 1.29 is 9.53 Å². The average molecular weight is 525 g/mol. The third-order valence-electron chi connectivity index (χ3n) is 8.04. The molecule has 2 fully saturated rings. The first-order valence-corrected chi connectivity index (χ1v) is 13.7. The summed E-state index contributed by atoms with van der Waals surface area (Å²) in [5.74, 6) is 0.387. The maximum Gasteiger partial charge on any atom is 0.269 e. The second kappa shape index (κ2) is 11.8. The molecule has 1 aromatic carbocycles. The standard InChI is InChI=1S/C28H37ClN6O2/c1-19-15-27(33-34(19)2)21-6-11-23(12-7-21)35-17-25(16-30-28(36)26-13-14-31-32-26)37-18-24(35)10-5-20-3-8-22(29)9-4-20/h3-4,8-9,13-15,21,23-25H,5-7,10-12,16-18H2,1-2H3,(H,30,36)(H,31,32)/t21?,23?,24-,25-/m0/s1. The lowest BCUT2D eigenvalue weighted by Gasteiger charge is -2.46. The van der Waals surface area contributed by atoms with Crippen molar-refractivity contribution in [2.75, 3.05) is 19.7 Å². The minimum absolute atomic E-state index is 0.0326. The number of amides is 1. The van der Waals surface area contributed by atoms with Crippen LogP contribution >= 0.6 is 11.6 Å². The first-order valence-electron chi connectivity index (χ1n) is 13.4. The van der Waals surface area contributed by atoms with Gasteiger partial charge in [0, 0.05) is 55.1 Å². The summed E-state index contributed by atoms with van der Waals surface area (Å²) in [5, 5.41) is 15.1. The highest BCUT2D eigenvalue weighted by Crippen LogP contribution is 2.36. The monoisotopic (exact) mass is 524 g/mol. The number of carbonyl (C=O) groups is 1. The molecular weight excluding hydrogens is 488 g/mol. The van der Waals surface area contributed by atoms with Crippen molar-refractivity contribution in [2.45, 2.75) is 69.6 Å². The number of ether oxygens (including phenoxy) is 1. The normalized spacial score (nSPS) is 24.7. The van der Waals surface area contributed by atoms with Gasteiger partial charge in [-0.3, -0.25) is 19.5 Å². The van der Waals surface area contributed by atoms with Gasteiger partial charge in [0.15, 0.2) is 0 Å². The Bertz CT molecular complexity index is 1130. The van der Waals surface area contributed by atoms with Crippen molar-refractivity contribution in [3.63, 3.8) is 0 Å². The van der Waals surface area contributed by atoms with E-state index in [4.69, 9.17) is 21.4 Å². The van der Waals surface area contributed by atoms with Crippen LogP contribution in [0.1, 0.15) is 65.5 Å². The fourth-order valence-electron chi connectivity index (χ4n) is 5.76. The van der Waals surface area contributed by atoms with Crippen LogP contribution in [0.2, 0.25) is 5.02 Å². The van der Waals surface area contributed by atoms with Crippen molar-refractivity contribution in [3.05, 3.63) is 70.3 Å². The van der Waals surface area contributed by atoms with E-state index in [-0.39, 0.29) is 12.0 Å². The molecule has 2 N–H and O–H groups in total. The highest BCUT2D eigenvalue weighted by Gasteiger charge is 2.36. The average Bonchev–Trinajstić information content (AvgIpc) is 3.57. The van der Waals surface area contributed by atoms with E-state index in [0.717, 1.165) is 50.1 Å². The fourth-order valence-corrected chi connectivity index (χ4v) is 5.89. The molecule has 1 saturated carbocycles. The van der Waals surface area contributed by atoms with Crippen molar-refractivity contribution in [1.82, 2.24) is 30.2 Å². The Kier molecular flexibility index (Phi) is 8.27. The minimum Gasteiger partial charge on any atom is -0.373 e. The SMILES string of the molecule is Cc1cc(C2CCC(N3C[C@H](CNC(=O)c4ccn[nH]4)OC[C@@H]3CCc3ccc(Cl)cc3)CC2)nn1C. The minimum atomic E-state index is -0.149. The highest BCUT2D eigenvalue weighted by atomic mass is 35.5. The van der Waals surface area contributed by atoms with Crippen LogP contribution in [0.15, 0.2) is 42.6 Å². The molecule has 9 heteroatoms. The molecule has 198 valence electrons. The van der Waals surface area contributed by atoms with E-state index in [1.165, 1.54) is 17.0 Å². The van der Waals surface area contributed by atoms with Crippen LogP contribution in [0.3, 0.4) is 0 Å². The number of carbonyl (C=O) groups excluding carboxylic acids is 1. The number of morpholine rings is 1. The molecule has 1 aliphatic carbocycles. The summed E-state index contributed by atoms with van der Waals surface area (Å²) in [4.78, 5) is 15.1. The Morgan fingerprint density at radius 3 is 2.65 bits per heavy atom. The summed E-state index contributed by atoms with van der Waals surface area (Å²) >= 11 is 6.08. The molecule has 2 atom stereocenters. The molecule has 3 heterocycles. The second-order valence-electron chi connectivity index (χ2n) is 10.5. The summed E-state index contributed by atoms with van der Waals surface area (Å²) in [7, 11) is 2.02. The Hall–Kier alpha value is -2.68. The predicted octanol–water partition coefficient (Wildman–Crippen LogP) is 4.26. The highest BCUT2D eigenvalue weighted by molar-refractivity contribution is 6.30. The number of aromatic amines is 1. The summed E-state index contributed by atoms with van der Waals surface area (Å²) in [6.07, 6.45) is 8.21. The number of rotatable bonds is 8. The van der Waals surface area contributed by atoms with Crippen LogP contribution in [-0.4, -0.2) is 68.7 Å². The number of benzene rings is 1. The van der Waals surface area contributed by atoms with Gasteiger partial charge in [-0.25, -0.2) is 0 Å². The molecule has 0 radical (unpaired) electrons. The molecule has 8 nitrogen and oxygen atoms in total. The lowest BCUT2D eigenvalue weighted by atomic mass is 9.82. The van der Waals surface area contributed by atoms with Gasteiger partial charge in [0.25, 0.3) is 5.91 Å². The number of hydrogen-bond acceptors (Lipinski definition) is 5. The van der Waals surface area contributed by atoms with Crippen molar-refractivity contribution >= 4 is 17.5 Å².